The third-order valence-corrected chi connectivity index (χ3v) is 66.9. The molecule has 1 aliphatic rings. The van der Waals surface area contributed by atoms with Crippen molar-refractivity contribution in [2.75, 3.05) is 0 Å². The molecular formula is C34H40BrNSiZr. The van der Waals surface area contributed by atoms with Crippen molar-refractivity contribution in [2.24, 2.45) is 0 Å². The summed E-state index contributed by atoms with van der Waals surface area (Å²) in [5.74, 6) is -1.70. The molecule has 5 rings (SSSR count). The molecule has 0 aliphatic heterocycles. The predicted molar refractivity (Wildman–Crippen MR) is 171 cm³/mol. The quantitative estimate of drug-likeness (QED) is 0.213. The van der Waals surface area contributed by atoms with Crippen LogP contribution in [0.1, 0.15) is 42.4 Å². The van der Waals surface area contributed by atoms with Gasteiger partial charge in [0.2, 0.25) is 0 Å². The molecule has 1 N–H and O–H groups in total. The van der Waals surface area contributed by atoms with Crippen LogP contribution in [-0.2, 0) is 16.7 Å². The molecule has 0 spiro atoms. The topological polar surface area (TPSA) is 12.0 Å². The van der Waals surface area contributed by atoms with Crippen molar-refractivity contribution in [2.45, 2.75) is 50.0 Å². The van der Waals surface area contributed by atoms with Crippen LogP contribution >= 0.6 is 15.9 Å². The van der Waals surface area contributed by atoms with Crippen LogP contribution in [0.15, 0.2) is 119 Å². The first-order chi connectivity index (χ1) is 18.0. The predicted octanol–water partition coefficient (Wildman–Crippen LogP) is 7.40. The summed E-state index contributed by atoms with van der Waals surface area (Å²) >= 11 is -1.56. The fourth-order valence-corrected chi connectivity index (χ4v) is 67.6. The van der Waals surface area contributed by atoms with Crippen molar-refractivity contribution in [3.8, 4) is 0 Å². The Morgan fingerprint density at radius 3 is 1.53 bits per heavy atom. The number of rotatable bonds is 6. The Bertz CT molecular complexity index is 1400. The van der Waals surface area contributed by atoms with Crippen LogP contribution in [0.5, 0.6) is 0 Å². The van der Waals surface area contributed by atoms with Gasteiger partial charge in [-0.05, 0) is 0 Å². The molecule has 0 radical (unpaired) electrons. The van der Waals surface area contributed by atoms with E-state index in [4.69, 9.17) is 3.26 Å². The molecule has 0 saturated heterocycles. The van der Waals surface area contributed by atoms with E-state index in [2.05, 4.69) is 172 Å². The number of allylic oxidation sites excluding steroid dienone is 1. The van der Waals surface area contributed by atoms with Gasteiger partial charge in [0.15, 0.2) is 0 Å². The summed E-state index contributed by atoms with van der Waals surface area (Å²) in [4.78, 5) is 0. The van der Waals surface area contributed by atoms with E-state index < -0.39 is 22.7 Å². The normalized spacial score (nSPS) is 17.5. The minimum absolute atomic E-state index is 0.148. The SMILES string of the molecule is CC1=Cc2c(Br)cccc2[CH]1[Zr]([NH]C(C)(C)C)([c]1ccccc1)([c]1ccccc1)([c]1ccccc1)[SiH](C)C. The molecule has 4 heteroatoms. The maximum atomic E-state index is 4.79. The fourth-order valence-electron chi connectivity index (χ4n) is 8.91. The number of hydrogen-bond acceptors (Lipinski definition) is 1. The van der Waals surface area contributed by atoms with Crippen LogP contribution in [0.25, 0.3) is 6.08 Å². The molecule has 0 bridgehead atoms. The van der Waals surface area contributed by atoms with E-state index in [0.717, 1.165) is 0 Å². The summed E-state index contributed by atoms with van der Waals surface area (Å²) in [5.41, 5.74) is 4.09. The number of benzene rings is 4. The molecule has 4 aromatic rings. The Morgan fingerprint density at radius 2 is 1.13 bits per heavy atom. The second-order valence-corrected chi connectivity index (χ2v) is 49.7. The summed E-state index contributed by atoms with van der Waals surface area (Å²) in [6.07, 6.45) is 2.47. The van der Waals surface area contributed by atoms with Gasteiger partial charge < -0.3 is 0 Å². The van der Waals surface area contributed by atoms with Gasteiger partial charge in [0.1, 0.15) is 0 Å². The molecule has 196 valence electrons. The fraction of sp³-hybridized carbons (Fsp3) is 0.235. The Kier molecular flexibility index (Phi) is 6.84. The maximum absolute atomic E-state index is 5.50. The van der Waals surface area contributed by atoms with Gasteiger partial charge in [-0.3, -0.25) is 0 Å². The molecule has 0 heterocycles. The van der Waals surface area contributed by atoms with Gasteiger partial charge in [-0.15, -0.1) is 0 Å². The van der Waals surface area contributed by atoms with Crippen molar-refractivity contribution in [1.82, 2.24) is 3.26 Å². The van der Waals surface area contributed by atoms with Gasteiger partial charge in [-0.2, -0.15) is 0 Å². The molecular weight excluding hydrogens is 622 g/mol. The minimum atomic E-state index is -5.50. The average molecular weight is 662 g/mol. The van der Waals surface area contributed by atoms with Gasteiger partial charge >= 0.3 is 238 Å². The van der Waals surface area contributed by atoms with Crippen LogP contribution in [-0.4, -0.2) is 11.5 Å². The first kappa shape index (κ1) is 27.7. The average Bonchev–Trinajstić information content (AvgIpc) is 3.27. The van der Waals surface area contributed by atoms with Crippen molar-refractivity contribution < 1.29 is 16.7 Å². The van der Waals surface area contributed by atoms with Gasteiger partial charge in [0, 0.05) is 0 Å². The Balaban J connectivity index is 2.23. The molecule has 0 fully saturated rings. The van der Waals surface area contributed by atoms with Gasteiger partial charge in [0.25, 0.3) is 0 Å². The van der Waals surface area contributed by atoms with E-state index in [-0.39, 0.29) is 9.16 Å². The van der Waals surface area contributed by atoms with Crippen LogP contribution in [0.3, 0.4) is 0 Å². The first-order valence-corrected chi connectivity index (χ1v) is 28.1. The molecule has 1 unspecified atom stereocenters. The van der Waals surface area contributed by atoms with E-state index in [1.54, 1.807) is 0 Å². The van der Waals surface area contributed by atoms with E-state index in [1.807, 2.05) is 0 Å². The van der Waals surface area contributed by atoms with Crippen molar-refractivity contribution in [3.05, 3.63) is 130 Å². The second kappa shape index (κ2) is 9.37. The third-order valence-electron chi connectivity index (χ3n) is 9.78. The van der Waals surface area contributed by atoms with Crippen LogP contribution < -0.4 is 13.1 Å². The van der Waals surface area contributed by atoms with Crippen molar-refractivity contribution >= 4 is 37.7 Å². The Morgan fingerprint density at radius 1 is 0.684 bits per heavy atom. The third kappa shape index (κ3) is 3.33. The van der Waals surface area contributed by atoms with E-state index >= 15 is 0 Å². The molecule has 0 aromatic heterocycles. The Hall–Kier alpha value is -1.84. The molecule has 38 heavy (non-hydrogen) atoms. The van der Waals surface area contributed by atoms with Crippen LogP contribution in [0, 0.1) is 0 Å². The summed E-state index contributed by atoms with van der Waals surface area (Å²) in [5, 5.41) is 0. The van der Waals surface area contributed by atoms with E-state index in [1.165, 1.54) is 31.0 Å². The van der Waals surface area contributed by atoms with Crippen LogP contribution in [0.4, 0.5) is 0 Å². The second-order valence-electron chi connectivity index (χ2n) is 12.8. The molecule has 0 amide bonds. The number of fused-ring (bicyclic) bond motifs is 1. The summed E-state index contributed by atoms with van der Waals surface area (Å²) in [6.45, 7) is 14.8. The zero-order chi connectivity index (χ0) is 27.2. The summed E-state index contributed by atoms with van der Waals surface area (Å²) < 4.78 is 10.7. The molecule has 4 aromatic carbocycles. The zero-order valence-corrected chi connectivity index (χ0v) is 28.7. The van der Waals surface area contributed by atoms with Crippen molar-refractivity contribution in [1.29, 1.82) is 0 Å². The van der Waals surface area contributed by atoms with Gasteiger partial charge in [-0.1, -0.05) is 0 Å². The standard InChI is InChI=1S/C10H8Br.3C6H5.C4H10N.C2H7Si.Zr/c1-7-5-8-3-2-4-10(11)9(8)6-7;3*1-2-4-6-5-3-1;1-4(2,3)5;1-3-2;/h2-6H,1H3;3*1-5H;5H,1-3H3;3H,1-2H3;/q;;;;-1;;+1. The molecule has 1 nitrogen and oxygen atoms in total. The zero-order valence-electron chi connectivity index (χ0n) is 23.5. The monoisotopic (exact) mass is 659 g/mol. The first-order valence-electron chi connectivity index (χ1n) is 13.8. The summed E-state index contributed by atoms with van der Waals surface area (Å²) in [6, 6.07) is 41.8. The van der Waals surface area contributed by atoms with Crippen molar-refractivity contribution in [3.63, 3.8) is 0 Å². The van der Waals surface area contributed by atoms with Crippen LogP contribution in [0.2, 0.25) is 13.1 Å². The molecule has 0 saturated carbocycles. The number of halogens is 1. The number of nitrogens with one attached hydrogen (secondary N) is 1. The Labute approximate surface area is 236 Å². The van der Waals surface area contributed by atoms with Gasteiger partial charge in [0.05, 0.1) is 0 Å². The number of hydrogen-bond donors (Lipinski definition) is 1. The molecule has 1 aliphatic carbocycles. The van der Waals surface area contributed by atoms with Gasteiger partial charge in [-0.25, -0.2) is 0 Å². The molecule has 1 atom stereocenters. The summed E-state index contributed by atoms with van der Waals surface area (Å²) in [7, 11) is 0. The van der Waals surface area contributed by atoms with E-state index in [9.17, 15) is 0 Å². The van der Waals surface area contributed by atoms with E-state index in [0.29, 0.717) is 0 Å².